The molecule has 3 N–H and O–H groups in total. The van der Waals surface area contributed by atoms with Gasteiger partial charge in [0.25, 0.3) is 0 Å². The summed E-state index contributed by atoms with van der Waals surface area (Å²) < 4.78 is 0.363. The van der Waals surface area contributed by atoms with Crippen LogP contribution in [0.5, 0.6) is 0 Å². The molecule has 0 rings (SSSR count). The maximum Gasteiger partial charge on any atom is 0.308 e. The van der Waals surface area contributed by atoms with E-state index in [0.29, 0.717) is 10.9 Å². The lowest BCUT2D eigenvalue weighted by atomic mass is 10.1. The van der Waals surface area contributed by atoms with E-state index < -0.39 is 18.1 Å². The average Bonchev–Trinajstić information content (AvgIpc) is 2.41. The Kier molecular flexibility index (Phi) is 11.7. The van der Waals surface area contributed by atoms with Gasteiger partial charge >= 0.3 is 5.97 Å². The van der Waals surface area contributed by atoms with Gasteiger partial charge in [0.1, 0.15) is 6.54 Å². The van der Waals surface area contributed by atoms with Gasteiger partial charge in [0, 0.05) is 6.42 Å². The third kappa shape index (κ3) is 14.9. The van der Waals surface area contributed by atoms with Crippen LogP contribution in [0, 0.1) is 0 Å². The number of quaternary nitrogens is 1. The molecule has 0 aromatic heterocycles. The lowest BCUT2D eigenvalue weighted by Gasteiger charge is -2.35. The van der Waals surface area contributed by atoms with Crippen molar-refractivity contribution in [2.75, 3.05) is 27.7 Å². The Hall–Kier alpha value is -1.14. The minimum absolute atomic E-state index is 0.142. The topological polar surface area (TPSA) is 86.6 Å². The van der Waals surface area contributed by atoms with Crippen LogP contribution in [0.15, 0.2) is 0 Å². The van der Waals surface area contributed by atoms with Crippen molar-refractivity contribution in [2.24, 2.45) is 0 Å². The molecule has 0 fully saturated rings. The van der Waals surface area contributed by atoms with Crippen molar-refractivity contribution in [1.29, 1.82) is 0 Å². The lowest BCUT2D eigenvalue weighted by molar-refractivity contribution is -0.877. The smallest absolute Gasteiger partial charge is 0.308 e. The van der Waals surface area contributed by atoms with Crippen molar-refractivity contribution < 1.29 is 24.3 Å². The molecule has 148 valence electrons. The number of nitrogens with zero attached hydrogens (tertiary/aromatic N) is 1. The van der Waals surface area contributed by atoms with Crippen molar-refractivity contribution in [3.05, 3.63) is 0 Å². The fourth-order valence-corrected chi connectivity index (χ4v) is 3.09. The molecular weight excluding hydrogens is 320 g/mol. The molecule has 1 atom stereocenters. The Balaban J connectivity index is 4.05. The zero-order valence-corrected chi connectivity index (χ0v) is 16.6. The van der Waals surface area contributed by atoms with Crippen LogP contribution in [0.2, 0.25) is 0 Å². The molecule has 0 spiro atoms. The largest absolute Gasteiger partial charge is 0.481 e. The number of nitrogens with one attached hydrogen (secondary N) is 1. The van der Waals surface area contributed by atoms with E-state index in [2.05, 4.69) is 12.2 Å². The van der Waals surface area contributed by atoms with E-state index in [9.17, 15) is 14.7 Å². The first kappa shape index (κ1) is 23.9. The van der Waals surface area contributed by atoms with Gasteiger partial charge in [-0.3, -0.25) is 9.59 Å². The number of aliphatic carboxylic acids is 1. The molecule has 0 aliphatic carbocycles. The van der Waals surface area contributed by atoms with Gasteiger partial charge in [-0.15, -0.1) is 0 Å². The number of carboxylic acid groups (broad SMARTS) is 1. The van der Waals surface area contributed by atoms with Crippen LogP contribution < -0.4 is 5.32 Å². The van der Waals surface area contributed by atoms with E-state index in [1.807, 2.05) is 21.1 Å². The minimum atomic E-state index is -1.71. The number of aliphatic hydroxyl groups is 1. The van der Waals surface area contributed by atoms with Crippen molar-refractivity contribution in [3.63, 3.8) is 0 Å². The van der Waals surface area contributed by atoms with E-state index in [1.165, 1.54) is 38.5 Å². The van der Waals surface area contributed by atoms with E-state index in [1.54, 1.807) is 0 Å². The normalized spacial score (nSPS) is 14.1. The Labute approximate surface area is 153 Å². The number of hydrogen-bond donors (Lipinski definition) is 3. The van der Waals surface area contributed by atoms with E-state index >= 15 is 0 Å². The molecule has 0 saturated carbocycles. The summed E-state index contributed by atoms with van der Waals surface area (Å²) in [6.45, 7) is 2.35. The molecule has 1 unspecified atom stereocenters. The number of carbonyl (C=O) groups is 2. The quantitative estimate of drug-likeness (QED) is 0.238. The monoisotopic (exact) mass is 359 g/mol. The van der Waals surface area contributed by atoms with Gasteiger partial charge in [0.15, 0.2) is 5.72 Å². The highest BCUT2D eigenvalue weighted by Crippen LogP contribution is 2.14. The zero-order chi connectivity index (χ0) is 19.3. The van der Waals surface area contributed by atoms with E-state index in [0.717, 1.165) is 19.3 Å². The fraction of sp³-hybridized carbons (Fsp3) is 0.895. The van der Waals surface area contributed by atoms with E-state index in [4.69, 9.17) is 5.11 Å². The first-order chi connectivity index (χ1) is 11.6. The van der Waals surface area contributed by atoms with Crippen molar-refractivity contribution in [3.8, 4) is 0 Å². The second kappa shape index (κ2) is 12.3. The van der Waals surface area contributed by atoms with Crippen LogP contribution in [0.25, 0.3) is 0 Å². The molecule has 1 amide bonds. The summed E-state index contributed by atoms with van der Waals surface area (Å²) in [7, 11) is 5.54. The average molecular weight is 360 g/mol. The highest BCUT2D eigenvalue weighted by molar-refractivity contribution is 5.77. The first-order valence-corrected chi connectivity index (χ1v) is 9.63. The molecule has 0 aromatic carbocycles. The Morgan fingerprint density at radius 1 is 0.920 bits per heavy atom. The Morgan fingerprint density at radius 2 is 1.40 bits per heavy atom. The van der Waals surface area contributed by atoms with Crippen LogP contribution in [0.3, 0.4) is 0 Å². The van der Waals surface area contributed by atoms with E-state index in [-0.39, 0.29) is 12.5 Å². The van der Waals surface area contributed by atoms with Gasteiger partial charge in [-0.25, -0.2) is 0 Å². The van der Waals surface area contributed by atoms with Gasteiger partial charge in [0.05, 0.1) is 27.6 Å². The number of likely N-dealkylation sites (N-methyl/N-ethyl adjacent to an activating group) is 1. The molecule has 0 aliphatic heterocycles. The summed E-state index contributed by atoms with van der Waals surface area (Å²) in [4.78, 5) is 23.1. The summed E-state index contributed by atoms with van der Waals surface area (Å²) in [6, 6.07) is 0. The molecule has 0 aromatic rings. The molecular formula is C19H39N2O4+. The van der Waals surface area contributed by atoms with Crippen LogP contribution >= 0.6 is 0 Å². The van der Waals surface area contributed by atoms with Crippen molar-refractivity contribution in [1.82, 2.24) is 5.32 Å². The van der Waals surface area contributed by atoms with Crippen molar-refractivity contribution in [2.45, 2.75) is 83.3 Å². The molecule has 6 heteroatoms. The minimum Gasteiger partial charge on any atom is -0.481 e. The maximum atomic E-state index is 12.1. The van der Waals surface area contributed by atoms with Crippen LogP contribution in [-0.2, 0) is 9.59 Å². The third-order valence-corrected chi connectivity index (χ3v) is 4.06. The lowest BCUT2D eigenvalue weighted by Crippen LogP contribution is -2.59. The van der Waals surface area contributed by atoms with Gasteiger partial charge in [-0.05, 0) is 6.42 Å². The maximum absolute atomic E-state index is 12.1. The SMILES string of the molecule is CCCCCCCCCCCC(=O)NC(O)(CC(=O)O)C[N+](C)(C)C. The van der Waals surface area contributed by atoms with Crippen LogP contribution in [0.4, 0.5) is 0 Å². The van der Waals surface area contributed by atoms with Gasteiger partial charge in [0.2, 0.25) is 5.91 Å². The summed E-state index contributed by atoms with van der Waals surface area (Å²) in [6.07, 6.45) is 10.4. The predicted octanol–water partition coefficient (Wildman–Crippen LogP) is 2.89. The number of amides is 1. The van der Waals surface area contributed by atoms with Crippen molar-refractivity contribution >= 4 is 11.9 Å². The highest BCUT2D eigenvalue weighted by atomic mass is 16.4. The Morgan fingerprint density at radius 3 is 1.84 bits per heavy atom. The number of unbranched alkanes of at least 4 members (excludes halogenated alkanes) is 8. The number of rotatable bonds is 15. The second-order valence-corrected chi connectivity index (χ2v) is 8.18. The van der Waals surface area contributed by atoms with Gasteiger partial charge in [-0.1, -0.05) is 58.3 Å². The van der Waals surface area contributed by atoms with Crippen LogP contribution in [0.1, 0.15) is 77.6 Å². The molecule has 0 bridgehead atoms. The highest BCUT2D eigenvalue weighted by Gasteiger charge is 2.37. The first-order valence-electron chi connectivity index (χ1n) is 9.63. The number of hydrogen-bond acceptors (Lipinski definition) is 3. The molecule has 0 saturated heterocycles. The summed E-state index contributed by atoms with van der Waals surface area (Å²) >= 11 is 0. The third-order valence-electron chi connectivity index (χ3n) is 4.06. The standard InChI is InChI=1S/C19H38N2O4/c1-5-6-7-8-9-10-11-12-13-14-17(22)20-19(25,15-18(23)24)16-21(2,3)4/h25H,5-16H2,1-4H3,(H-,20,22,23,24)/p+1. The number of carboxylic acids is 1. The molecule has 25 heavy (non-hydrogen) atoms. The summed E-state index contributed by atoms with van der Waals surface area (Å²) in [5.41, 5.74) is -1.71. The summed E-state index contributed by atoms with van der Waals surface area (Å²) in [5.74, 6) is -1.40. The molecule has 0 radical (unpaired) electrons. The number of carbonyl (C=O) groups excluding carboxylic acids is 1. The molecule has 0 aliphatic rings. The van der Waals surface area contributed by atoms with Gasteiger partial charge < -0.3 is 20.0 Å². The zero-order valence-electron chi connectivity index (χ0n) is 16.6. The molecule has 6 nitrogen and oxygen atoms in total. The van der Waals surface area contributed by atoms with Gasteiger partial charge in [-0.2, -0.15) is 0 Å². The second-order valence-electron chi connectivity index (χ2n) is 8.18. The molecule has 0 heterocycles. The summed E-state index contributed by atoms with van der Waals surface area (Å²) in [5, 5.41) is 22.0. The fourth-order valence-electron chi connectivity index (χ4n) is 3.09. The van der Waals surface area contributed by atoms with Crippen LogP contribution in [-0.4, -0.2) is 60.0 Å². The Bertz CT molecular complexity index is 393. The predicted molar refractivity (Wildman–Crippen MR) is 100 cm³/mol.